The van der Waals surface area contributed by atoms with Crippen molar-refractivity contribution in [2.75, 3.05) is 33.8 Å². The molecule has 3 rings (SSSR count). The summed E-state index contributed by atoms with van der Waals surface area (Å²) in [6, 6.07) is 12.4. The largest absolute Gasteiger partial charge is 0.494 e. The summed E-state index contributed by atoms with van der Waals surface area (Å²) in [6.07, 6.45) is 2.73. The van der Waals surface area contributed by atoms with Gasteiger partial charge in [-0.3, -0.25) is 14.2 Å². The molecule has 8 heteroatoms. The minimum absolute atomic E-state index is 0.124. The summed E-state index contributed by atoms with van der Waals surface area (Å²) >= 11 is 6.18. The summed E-state index contributed by atoms with van der Waals surface area (Å²) in [5.74, 6) is 0.779. The Hall–Kier alpha value is -2.90. The molecule has 1 heterocycles. The van der Waals surface area contributed by atoms with E-state index in [0.29, 0.717) is 46.2 Å². The fraction of sp³-hybridized carbons (Fsp3) is 0.400. The highest BCUT2D eigenvalue weighted by Gasteiger charge is 2.16. The molecule has 0 aliphatic heterocycles. The average molecular weight is 471 g/mol. The average Bonchev–Trinajstić information content (AvgIpc) is 2.78. The van der Waals surface area contributed by atoms with Crippen LogP contribution in [0.5, 0.6) is 5.75 Å². The van der Waals surface area contributed by atoms with E-state index in [1.165, 1.54) is 4.57 Å². The van der Waals surface area contributed by atoms with E-state index in [-0.39, 0.29) is 18.0 Å². The molecule has 1 amide bonds. The maximum absolute atomic E-state index is 13.5. The standard InChI is InChI=1S/C25H31ClN4O3/c1-4-5-12-27-23(31)17-30-24(18-8-6-9-19(26)15-18)28-22-11-10-20(16-21(22)25(30)32)33-14-7-13-29(2)3/h6,8-11,15-16H,4-5,7,12-14,17H2,1-3H3,(H,27,31). The number of nitrogens with zero attached hydrogens (tertiary/aromatic N) is 3. The van der Waals surface area contributed by atoms with Crippen molar-refractivity contribution in [1.29, 1.82) is 0 Å². The molecular formula is C25H31ClN4O3. The van der Waals surface area contributed by atoms with Crippen LogP contribution in [0.25, 0.3) is 22.3 Å². The highest BCUT2D eigenvalue weighted by Crippen LogP contribution is 2.24. The van der Waals surface area contributed by atoms with E-state index in [2.05, 4.69) is 17.1 Å². The van der Waals surface area contributed by atoms with Crippen molar-refractivity contribution in [3.05, 3.63) is 57.8 Å². The molecule has 7 nitrogen and oxygen atoms in total. The van der Waals surface area contributed by atoms with Gasteiger partial charge in [0, 0.05) is 23.7 Å². The Morgan fingerprint density at radius 2 is 2.00 bits per heavy atom. The van der Waals surface area contributed by atoms with Gasteiger partial charge in [0.25, 0.3) is 5.56 Å². The van der Waals surface area contributed by atoms with Crippen LogP contribution in [0.1, 0.15) is 26.2 Å². The number of carbonyl (C=O) groups is 1. The van der Waals surface area contributed by atoms with Crippen LogP contribution in [0, 0.1) is 0 Å². The molecule has 1 aromatic heterocycles. The highest BCUT2D eigenvalue weighted by molar-refractivity contribution is 6.30. The molecule has 2 aromatic carbocycles. The zero-order valence-corrected chi connectivity index (χ0v) is 20.2. The van der Waals surface area contributed by atoms with Crippen molar-refractivity contribution < 1.29 is 9.53 Å². The van der Waals surface area contributed by atoms with Crippen LogP contribution in [-0.2, 0) is 11.3 Å². The van der Waals surface area contributed by atoms with Gasteiger partial charge in [-0.1, -0.05) is 37.1 Å². The Kier molecular flexibility index (Phi) is 8.86. The van der Waals surface area contributed by atoms with E-state index in [1.54, 1.807) is 30.3 Å². The molecule has 0 bridgehead atoms. The number of ether oxygens (including phenoxy) is 1. The third-order valence-corrected chi connectivity index (χ3v) is 5.42. The summed E-state index contributed by atoms with van der Waals surface area (Å²) in [5, 5.41) is 3.81. The van der Waals surface area contributed by atoms with E-state index in [1.807, 2.05) is 26.2 Å². The molecule has 0 atom stereocenters. The second-order valence-electron chi connectivity index (χ2n) is 8.22. The predicted octanol–water partition coefficient (Wildman–Crippen LogP) is 3.96. The van der Waals surface area contributed by atoms with E-state index in [0.717, 1.165) is 25.8 Å². The van der Waals surface area contributed by atoms with E-state index >= 15 is 0 Å². The summed E-state index contributed by atoms with van der Waals surface area (Å²) in [4.78, 5) is 32.9. The van der Waals surface area contributed by atoms with Crippen LogP contribution in [0.15, 0.2) is 47.3 Å². The number of hydrogen-bond donors (Lipinski definition) is 1. The van der Waals surface area contributed by atoms with Crippen molar-refractivity contribution >= 4 is 28.4 Å². The van der Waals surface area contributed by atoms with Gasteiger partial charge in [0.05, 0.1) is 17.5 Å². The lowest BCUT2D eigenvalue weighted by molar-refractivity contribution is -0.121. The number of fused-ring (bicyclic) bond motifs is 1. The van der Waals surface area contributed by atoms with Gasteiger partial charge < -0.3 is 15.0 Å². The number of carbonyl (C=O) groups excluding carboxylic acids is 1. The van der Waals surface area contributed by atoms with Gasteiger partial charge in [0.1, 0.15) is 18.1 Å². The SMILES string of the molecule is CCCCNC(=O)Cn1c(-c2cccc(Cl)c2)nc2ccc(OCCCN(C)C)cc2c1=O. The Morgan fingerprint density at radius 3 is 2.73 bits per heavy atom. The first-order valence-electron chi connectivity index (χ1n) is 11.2. The van der Waals surface area contributed by atoms with Gasteiger partial charge in [0.15, 0.2) is 0 Å². The van der Waals surface area contributed by atoms with Gasteiger partial charge >= 0.3 is 0 Å². The van der Waals surface area contributed by atoms with E-state index in [9.17, 15) is 9.59 Å². The summed E-state index contributed by atoms with van der Waals surface area (Å²) in [5.41, 5.74) is 0.921. The Morgan fingerprint density at radius 1 is 1.18 bits per heavy atom. The molecule has 0 fully saturated rings. The van der Waals surface area contributed by atoms with Crippen LogP contribution >= 0.6 is 11.6 Å². The zero-order chi connectivity index (χ0) is 23.8. The number of nitrogens with one attached hydrogen (secondary N) is 1. The Bertz CT molecular complexity index is 1160. The number of halogens is 1. The molecule has 176 valence electrons. The third-order valence-electron chi connectivity index (χ3n) is 5.18. The second-order valence-corrected chi connectivity index (χ2v) is 8.66. The molecular weight excluding hydrogens is 440 g/mol. The molecule has 0 radical (unpaired) electrons. The Labute approximate surface area is 199 Å². The monoisotopic (exact) mass is 470 g/mol. The summed E-state index contributed by atoms with van der Waals surface area (Å²) < 4.78 is 7.25. The topological polar surface area (TPSA) is 76.5 Å². The van der Waals surface area contributed by atoms with Crippen LogP contribution in [-0.4, -0.2) is 54.1 Å². The van der Waals surface area contributed by atoms with Gasteiger partial charge in [-0.05, 0) is 57.3 Å². The van der Waals surface area contributed by atoms with Crippen LogP contribution in [0.3, 0.4) is 0 Å². The van der Waals surface area contributed by atoms with Crippen LogP contribution < -0.4 is 15.6 Å². The first-order chi connectivity index (χ1) is 15.9. The normalized spacial score (nSPS) is 11.2. The van der Waals surface area contributed by atoms with Gasteiger partial charge in [-0.2, -0.15) is 0 Å². The molecule has 1 N–H and O–H groups in total. The summed E-state index contributed by atoms with van der Waals surface area (Å²) in [6.45, 7) is 3.97. The molecule has 3 aromatic rings. The first kappa shape index (κ1) is 24.7. The number of hydrogen-bond acceptors (Lipinski definition) is 5. The maximum Gasteiger partial charge on any atom is 0.262 e. The fourth-order valence-electron chi connectivity index (χ4n) is 3.46. The van der Waals surface area contributed by atoms with Crippen molar-refractivity contribution in [2.24, 2.45) is 0 Å². The van der Waals surface area contributed by atoms with Crippen LogP contribution in [0.4, 0.5) is 0 Å². The molecule has 0 aliphatic carbocycles. The molecule has 0 saturated carbocycles. The first-order valence-corrected chi connectivity index (χ1v) is 11.6. The number of rotatable bonds is 11. The van der Waals surface area contributed by atoms with Crippen molar-refractivity contribution in [3.8, 4) is 17.1 Å². The second kappa shape index (κ2) is 11.8. The van der Waals surface area contributed by atoms with E-state index < -0.39 is 0 Å². The lowest BCUT2D eigenvalue weighted by atomic mass is 10.1. The third kappa shape index (κ3) is 6.79. The molecule has 0 unspecified atom stereocenters. The molecule has 33 heavy (non-hydrogen) atoms. The molecule has 0 saturated heterocycles. The van der Waals surface area contributed by atoms with Crippen LogP contribution in [0.2, 0.25) is 5.02 Å². The minimum Gasteiger partial charge on any atom is -0.494 e. The Balaban J connectivity index is 1.98. The van der Waals surface area contributed by atoms with Crippen molar-refractivity contribution in [1.82, 2.24) is 19.8 Å². The maximum atomic E-state index is 13.5. The summed E-state index contributed by atoms with van der Waals surface area (Å²) in [7, 11) is 4.03. The number of aromatic nitrogens is 2. The molecule has 0 aliphatic rings. The quantitative estimate of drug-likeness (QED) is 0.429. The zero-order valence-electron chi connectivity index (χ0n) is 19.4. The lowest BCUT2D eigenvalue weighted by Crippen LogP contribution is -2.34. The lowest BCUT2D eigenvalue weighted by Gasteiger charge is -2.15. The van der Waals surface area contributed by atoms with E-state index in [4.69, 9.17) is 21.3 Å². The van der Waals surface area contributed by atoms with Crippen molar-refractivity contribution in [3.63, 3.8) is 0 Å². The minimum atomic E-state index is -0.292. The molecule has 0 spiro atoms. The predicted molar refractivity (Wildman–Crippen MR) is 133 cm³/mol. The highest BCUT2D eigenvalue weighted by atomic mass is 35.5. The fourth-order valence-corrected chi connectivity index (χ4v) is 3.65. The van der Waals surface area contributed by atoms with Gasteiger partial charge in [-0.25, -0.2) is 4.98 Å². The van der Waals surface area contributed by atoms with Gasteiger partial charge in [-0.15, -0.1) is 0 Å². The number of amides is 1. The van der Waals surface area contributed by atoms with Crippen molar-refractivity contribution in [2.45, 2.75) is 32.7 Å². The number of unbranched alkanes of at least 4 members (excludes halogenated alkanes) is 1. The van der Waals surface area contributed by atoms with Gasteiger partial charge in [0.2, 0.25) is 5.91 Å². The smallest absolute Gasteiger partial charge is 0.262 e. The number of benzene rings is 2.